The third kappa shape index (κ3) is 3.81. The number of halogens is 1. The number of ether oxygens (including phenoxy) is 1. The Morgan fingerprint density at radius 2 is 2.05 bits per heavy atom. The smallest absolute Gasteiger partial charge is 0.128 e. The van der Waals surface area contributed by atoms with Crippen molar-refractivity contribution in [2.45, 2.75) is 32.0 Å². The summed E-state index contributed by atoms with van der Waals surface area (Å²) in [5.74, 6) is 0.692. The van der Waals surface area contributed by atoms with Crippen molar-refractivity contribution in [1.82, 2.24) is 4.90 Å². The van der Waals surface area contributed by atoms with Crippen molar-refractivity contribution in [3.63, 3.8) is 0 Å². The highest BCUT2D eigenvalue weighted by molar-refractivity contribution is 5.16. The minimum atomic E-state index is -0.189. The van der Waals surface area contributed by atoms with Gasteiger partial charge in [-0.2, -0.15) is 5.26 Å². The molecule has 2 aliphatic rings. The monoisotopic (exact) mass is 288 g/mol. The van der Waals surface area contributed by atoms with Crippen LogP contribution in [0.4, 0.5) is 4.39 Å². The minimum absolute atomic E-state index is 0.189. The first-order valence-electron chi connectivity index (χ1n) is 7.73. The summed E-state index contributed by atoms with van der Waals surface area (Å²) in [4.78, 5) is 2.44. The van der Waals surface area contributed by atoms with Crippen molar-refractivity contribution in [2.24, 2.45) is 11.8 Å². The highest BCUT2D eigenvalue weighted by atomic mass is 19.1. The van der Waals surface area contributed by atoms with Crippen LogP contribution in [-0.2, 0) is 11.3 Å². The highest BCUT2D eigenvalue weighted by Crippen LogP contribution is 2.38. The van der Waals surface area contributed by atoms with Gasteiger partial charge in [0.05, 0.1) is 24.7 Å². The van der Waals surface area contributed by atoms with Gasteiger partial charge in [0.15, 0.2) is 0 Å². The van der Waals surface area contributed by atoms with E-state index in [1.807, 2.05) is 6.07 Å². The number of hydrogen-bond acceptors (Lipinski definition) is 3. The van der Waals surface area contributed by atoms with Crippen LogP contribution >= 0.6 is 0 Å². The maximum atomic E-state index is 13.5. The molecule has 1 saturated carbocycles. The predicted octanol–water partition coefficient (Wildman–Crippen LogP) is 2.97. The van der Waals surface area contributed by atoms with E-state index < -0.39 is 0 Å². The normalized spacial score (nSPS) is 26.5. The Morgan fingerprint density at radius 1 is 1.29 bits per heavy atom. The van der Waals surface area contributed by atoms with Crippen molar-refractivity contribution in [1.29, 1.82) is 5.26 Å². The van der Waals surface area contributed by atoms with E-state index in [1.54, 1.807) is 12.1 Å². The lowest BCUT2D eigenvalue weighted by atomic mass is 10.1. The second kappa shape index (κ2) is 6.55. The Labute approximate surface area is 125 Å². The maximum Gasteiger partial charge on any atom is 0.128 e. The highest BCUT2D eigenvalue weighted by Gasteiger charge is 2.38. The van der Waals surface area contributed by atoms with E-state index in [1.165, 1.54) is 6.07 Å². The van der Waals surface area contributed by atoms with Gasteiger partial charge in [0, 0.05) is 25.2 Å². The first-order chi connectivity index (χ1) is 10.3. The lowest BCUT2D eigenvalue weighted by molar-refractivity contribution is -0.00430. The summed E-state index contributed by atoms with van der Waals surface area (Å²) in [7, 11) is 0. The molecule has 0 radical (unpaired) electrons. The Kier molecular flexibility index (Phi) is 4.52. The summed E-state index contributed by atoms with van der Waals surface area (Å²) >= 11 is 0. The Balaban J connectivity index is 1.38. The average Bonchev–Trinajstić information content (AvgIpc) is 3.26. The van der Waals surface area contributed by atoms with Gasteiger partial charge in [0.25, 0.3) is 0 Å². The van der Waals surface area contributed by atoms with Crippen LogP contribution in [0.3, 0.4) is 0 Å². The molecule has 1 aromatic rings. The van der Waals surface area contributed by atoms with Crippen LogP contribution < -0.4 is 0 Å². The number of likely N-dealkylation sites (tertiary alicyclic amines) is 1. The fourth-order valence-corrected chi connectivity index (χ4v) is 3.02. The molecule has 3 nitrogen and oxygen atoms in total. The Hall–Kier alpha value is -1.44. The summed E-state index contributed by atoms with van der Waals surface area (Å²) in [6.45, 7) is 3.46. The first-order valence-corrected chi connectivity index (χ1v) is 7.73. The molecule has 21 heavy (non-hydrogen) atoms. The van der Waals surface area contributed by atoms with E-state index in [9.17, 15) is 4.39 Å². The zero-order valence-corrected chi connectivity index (χ0v) is 12.2. The SMILES string of the molecule is N#CC1CC1CN1CCC(OCc2ccccc2F)CC1. The van der Waals surface area contributed by atoms with E-state index in [4.69, 9.17) is 10.00 Å². The fourth-order valence-electron chi connectivity index (χ4n) is 3.02. The number of hydrogen-bond donors (Lipinski definition) is 0. The fraction of sp³-hybridized carbons (Fsp3) is 0.588. The molecule has 0 amide bonds. The number of nitrogens with zero attached hydrogens (tertiary/aromatic N) is 2. The van der Waals surface area contributed by atoms with Gasteiger partial charge in [-0.05, 0) is 31.2 Å². The molecule has 1 saturated heterocycles. The lowest BCUT2D eigenvalue weighted by Crippen LogP contribution is -2.38. The van der Waals surface area contributed by atoms with Crippen LogP contribution in [0.1, 0.15) is 24.8 Å². The quantitative estimate of drug-likeness (QED) is 0.835. The van der Waals surface area contributed by atoms with Crippen LogP contribution in [-0.4, -0.2) is 30.6 Å². The molecule has 2 atom stereocenters. The zero-order valence-electron chi connectivity index (χ0n) is 12.2. The van der Waals surface area contributed by atoms with Crippen LogP contribution in [0.25, 0.3) is 0 Å². The number of benzene rings is 1. The summed E-state index contributed by atoms with van der Waals surface area (Å²) < 4.78 is 19.4. The molecule has 1 aliphatic carbocycles. The third-order valence-corrected chi connectivity index (χ3v) is 4.55. The van der Waals surface area contributed by atoms with Gasteiger partial charge in [0.2, 0.25) is 0 Å². The largest absolute Gasteiger partial charge is 0.373 e. The molecule has 1 heterocycles. The van der Waals surface area contributed by atoms with E-state index in [0.29, 0.717) is 24.0 Å². The van der Waals surface area contributed by atoms with Crippen molar-refractivity contribution in [3.05, 3.63) is 35.6 Å². The number of piperidine rings is 1. The van der Waals surface area contributed by atoms with Gasteiger partial charge >= 0.3 is 0 Å². The maximum absolute atomic E-state index is 13.5. The molecule has 1 aliphatic heterocycles. The van der Waals surface area contributed by atoms with Crippen LogP contribution in [0.15, 0.2) is 24.3 Å². The van der Waals surface area contributed by atoms with Gasteiger partial charge in [-0.1, -0.05) is 18.2 Å². The summed E-state index contributed by atoms with van der Waals surface area (Å²) in [6, 6.07) is 9.13. The topological polar surface area (TPSA) is 36.3 Å². The van der Waals surface area contributed by atoms with E-state index in [0.717, 1.165) is 38.9 Å². The molecule has 0 aromatic heterocycles. The van der Waals surface area contributed by atoms with Gasteiger partial charge < -0.3 is 9.64 Å². The van der Waals surface area contributed by atoms with E-state index in [2.05, 4.69) is 11.0 Å². The van der Waals surface area contributed by atoms with Crippen molar-refractivity contribution < 1.29 is 9.13 Å². The standard InChI is InChI=1S/C17H21FN2O/c18-17-4-2-1-3-13(17)12-21-16-5-7-20(8-6-16)11-15-9-14(15)10-19/h1-4,14-16H,5-9,11-12H2. The number of rotatable bonds is 5. The summed E-state index contributed by atoms with van der Waals surface area (Å²) in [6.07, 6.45) is 3.30. The predicted molar refractivity (Wildman–Crippen MR) is 77.9 cm³/mol. The Morgan fingerprint density at radius 3 is 2.71 bits per heavy atom. The molecule has 3 rings (SSSR count). The first kappa shape index (κ1) is 14.5. The molecular formula is C17H21FN2O. The molecule has 0 spiro atoms. The zero-order chi connectivity index (χ0) is 14.7. The molecule has 1 aromatic carbocycles. The van der Waals surface area contributed by atoms with Crippen LogP contribution in [0.5, 0.6) is 0 Å². The minimum Gasteiger partial charge on any atom is -0.373 e. The molecule has 4 heteroatoms. The van der Waals surface area contributed by atoms with Gasteiger partial charge in [-0.15, -0.1) is 0 Å². The van der Waals surface area contributed by atoms with Gasteiger partial charge in [-0.3, -0.25) is 0 Å². The second-order valence-corrected chi connectivity index (χ2v) is 6.13. The second-order valence-electron chi connectivity index (χ2n) is 6.13. The van der Waals surface area contributed by atoms with Crippen molar-refractivity contribution in [3.8, 4) is 6.07 Å². The van der Waals surface area contributed by atoms with Crippen LogP contribution in [0, 0.1) is 29.0 Å². The van der Waals surface area contributed by atoms with Gasteiger partial charge in [0.1, 0.15) is 5.82 Å². The molecule has 2 fully saturated rings. The van der Waals surface area contributed by atoms with Crippen molar-refractivity contribution >= 4 is 0 Å². The third-order valence-electron chi connectivity index (χ3n) is 4.55. The molecule has 0 bridgehead atoms. The Bertz CT molecular complexity index is 520. The molecule has 2 unspecified atom stereocenters. The number of nitriles is 1. The molecule has 0 N–H and O–H groups in total. The lowest BCUT2D eigenvalue weighted by Gasteiger charge is -2.32. The average molecular weight is 288 g/mol. The molecular weight excluding hydrogens is 267 g/mol. The summed E-state index contributed by atoms with van der Waals surface area (Å²) in [5.41, 5.74) is 0.634. The summed E-state index contributed by atoms with van der Waals surface area (Å²) in [5, 5.41) is 8.83. The van der Waals surface area contributed by atoms with Gasteiger partial charge in [-0.25, -0.2) is 4.39 Å². The van der Waals surface area contributed by atoms with Crippen molar-refractivity contribution in [2.75, 3.05) is 19.6 Å². The van der Waals surface area contributed by atoms with E-state index in [-0.39, 0.29) is 11.9 Å². The van der Waals surface area contributed by atoms with E-state index >= 15 is 0 Å². The molecule has 112 valence electrons. The van der Waals surface area contributed by atoms with Crippen LogP contribution in [0.2, 0.25) is 0 Å².